The van der Waals surface area contributed by atoms with Crippen molar-refractivity contribution < 1.29 is 4.79 Å². The van der Waals surface area contributed by atoms with Crippen LogP contribution in [-0.4, -0.2) is 25.5 Å². The predicted molar refractivity (Wildman–Crippen MR) is 72.0 cm³/mol. The second kappa shape index (κ2) is 5.85. The maximum absolute atomic E-state index is 11.9. The van der Waals surface area contributed by atoms with Crippen molar-refractivity contribution >= 4 is 28.8 Å². The summed E-state index contributed by atoms with van der Waals surface area (Å²) in [6.45, 7) is 4.79. The summed E-state index contributed by atoms with van der Waals surface area (Å²) in [4.78, 5) is 12.6. The number of carbonyl (C=O) groups excluding carboxylic acids is 1. The van der Waals surface area contributed by atoms with E-state index in [4.69, 9.17) is 11.6 Å². The Morgan fingerprint density at radius 1 is 1.59 bits per heavy atom. The lowest BCUT2D eigenvalue weighted by Gasteiger charge is -2.22. The van der Waals surface area contributed by atoms with E-state index >= 15 is 0 Å². The van der Waals surface area contributed by atoms with Crippen LogP contribution in [0.2, 0.25) is 5.02 Å². The van der Waals surface area contributed by atoms with E-state index in [1.54, 1.807) is 0 Å². The molecule has 2 rings (SSSR count). The van der Waals surface area contributed by atoms with E-state index < -0.39 is 0 Å². The Bertz CT molecular complexity index is 399. The summed E-state index contributed by atoms with van der Waals surface area (Å²) in [5.74, 6) is 0.562. The minimum absolute atomic E-state index is 0.0355. The maximum Gasteiger partial charge on any atom is 0.262 e. The highest BCUT2D eigenvalue weighted by Gasteiger charge is 2.17. The van der Waals surface area contributed by atoms with Gasteiger partial charge >= 0.3 is 0 Å². The number of nitrogens with one attached hydrogen (secondary N) is 2. The highest BCUT2D eigenvalue weighted by molar-refractivity contribution is 7.13. The quantitative estimate of drug-likeness (QED) is 0.887. The first-order valence-electron chi connectivity index (χ1n) is 5.91. The number of piperidine rings is 1. The summed E-state index contributed by atoms with van der Waals surface area (Å²) in [6.07, 6.45) is 2.27. The summed E-state index contributed by atoms with van der Waals surface area (Å²) in [6, 6.07) is 0. The summed E-state index contributed by atoms with van der Waals surface area (Å²) in [5, 5.41) is 8.81. The molecule has 2 heterocycles. The molecule has 94 valence electrons. The van der Waals surface area contributed by atoms with Gasteiger partial charge in [-0.25, -0.2) is 0 Å². The van der Waals surface area contributed by atoms with Gasteiger partial charge in [-0.15, -0.1) is 11.3 Å². The van der Waals surface area contributed by atoms with Crippen LogP contribution < -0.4 is 10.6 Å². The van der Waals surface area contributed by atoms with Crippen LogP contribution in [0.3, 0.4) is 0 Å². The van der Waals surface area contributed by atoms with E-state index in [0.717, 1.165) is 38.0 Å². The van der Waals surface area contributed by atoms with Crippen LogP contribution in [0.4, 0.5) is 0 Å². The van der Waals surface area contributed by atoms with Crippen LogP contribution in [0.15, 0.2) is 5.38 Å². The first-order valence-corrected chi connectivity index (χ1v) is 7.16. The van der Waals surface area contributed by atoms with Gasteiger partial charge in [-0.1, -0.05) is 11.6 Å². The molecule has 0 saturated carbocycles. The molecule has 1 amide bonds. The zero-order chi connectivity index (χ0) is 12.3. The molecule has 0 atom stereocenters. The molecule has 0 bridgehead atoms. The third-order valence-corrected chi connectivity index (χ3v) is 4.81. The number of carbonyl (C=O) groups is 1. The molecular weight excluding hydrogens is 256 g/mol. The van der Waals surface area contributed by atoms with Crippen LogP contribution in [0.25, 0.3) is 0 Å². The standard InChI is InChI=1S/C12H17ClN2OS/c1-8-7-17-11(10(8)13)12(16)15-6-9-2-4-14-5-3-9/h7,9,14H,2-6H2,1H3,(H,15,16). The predicted octanol–water partition coefficient (Wildman–Crippen LogP) is 2.44. The van der Waals surface area contributed by atoms with E-state index in [2.05, 4.69) is 10.6 Å². The topological polar surface area (TPSA) is 41.1 Å². The van der Waals surface area contributed by atoms with Crippen LogP contribution >= 0.6 is 22.9 Å². The number of hydrogen-bond acceptors (Lipinski definition) is 3. The van der Waals surface area contributed by atoms with E-state index in [1.165, 1.54) is 11.3 Å². The van der Waals surface area contributed by atoms with Gasteiger partial charge in [0.2, 0.25) is 0 Å². The third-order valence-electron chi connectivity index (χ3n) is 3.12. The van der Waals surface area contributed by atoms with Gasteiger partial charge in [-0.3, -0.25) is 4.79 Å². The van der Waals surface area contributed by atoms with E-state index in [0.29, 0.717) is 15.8 Å². The number of amides is 1. The van der Waals surface area contributed by atoms with Gasteiger partial charge in [0.1, 0.15) is 4.88 Å². The van der Waals surface area contributed by atoms with Crippen molar-refractivity contribution in [3.63, 3.8) is 0 Å². The first-order chi connectivity index (χ1) is 8.18. The van der Waals surface area contributed by atoms with E-state index in [1.807, 2.05) is 12.3 Å². The molecule has 1 saturated heterocycles. The van der Waals surface area contributed by atoms with Crippen molar-refractivity contribution in [3.05, 3.63) is 20.8 Å². The molecule has 0 radical (unpaired) electrons. The molecule has 0 aliphatic carbocycles. The molecule has 1 aliphatic heterocycles. The number of hydrogen-bond donors (Lipinski definition) is 2. The molecule has 5 heteroatoms. The number of halogens is 1. The highest BCUT2D eigenvalue weighted by atomic mass is 35.5. The fraction of sp³-hybridized carbons (Fsp3) is 0.583. The molecular formula is C12H17ClN2OS. The van der Waals surface area contributed by atoms with Gasteiger partial charge in [0.25, 0.3) is 5.91 Å². The third kappa shape index (κ3) is 3.21. The van der Waals surface area contributed by atoms with Crippen LogP contribution in [-0.2, 0) is 0 Å². The number of aryl methyl sites for hydroxylation is 1. The molecule has 2 N–H and O–H groups in total. The summed E-state index contributed by atoms with van der Waals surface area (Å²) in [5.41, 5.74) is 0.976. The van der Waals surface area contributed by atoms with Crippen LogP contribution in [0.1, 0.15) is 28.1 Å². The van der Waals surface area contributed by atoms with Crippen molar-refractivity contribution in [2.24, 2.45) is 5.92 Å². The second-order valence-electron chi connectivity index (χ2n) is 4.47. The average molecular weight is 273 g/mol. The Morgan fingerprint density at radius 2 is 2.29 bits per heavy atom. The van der Waals surface area contributed by atoms with Crippen molar-refractivity contribution in [2.75, 3.05) is 19.6 Å². The molecule has 0 aromatic carbocycles. The molecule has 1 aromatic heterocycles. The Balaban J connectivity index is 1.86. The van der Waals surface area contributed by atoms with Crippen molar-refractivity contribution in [3.8, 4) is 0 Å². The van der Waals surface area contributed by atoms with Gasteiger partial charge < -0.3 is 10.6 Å². The van der Waals surface area contributed by atoms with Gasteiger partial charge in [0.15, 0.2) is 0 Å². The fourth-order valence-electron chi connectivity index (χ4n) is 1.99. The maximum atomic E-state index is 11.9. The number of rotatable bonds is 3. The first kappa shape index (κ1) is 12.9. The largest absolute Gasteiger partial charge is 0.351 e. The van der Waals surface area contributed by atoms with Gasteiger partial charge in [-0.05, 0) is 49.7 Å². The van der Waals surface area contributed by atoms with E-state index in [-0.39, 0.29) is 5.91 Å². The smallest absolute Gasteiger partial charge is 0.262 e. The van der Waals surface area contributed by atoms with Gasteiger partial charge in [0, 0.05) is 6.54 Å². The van der Waals surface area contributed by atoms with Crippen molar-refractivity contribution in [1.29, 1.82) is 0 Å². The second-order valence-corrected chi connectivity index (χ2v) is 5.72. The zero-order valence-electron chi connectivity index (χ0n) is 9.88. The Hall–Kier alpha value is -0.580. The van der Waals surface area contributed by atoms with Gasteiger partial charge in [0.05, 0.1) is 5.02 Å². The monoisotopic (exact) mass is 272 g/mol. The van der Waals surface area contributed by atoms with Crippen LogP contribution in [0, 0.1) is 12.8 Å². The molecule has 1 aliphatic rings. The molecule has 17 heavy (non-hydrogen) atoms. The van der Waals surface area contributed by atoms with Crippen LogP contribution in [0.5, 0.6) is 0 Å². The molecule has 0 unspecified atom stereocenters. The Labute approximate surface area is 111 Å². The lowest BCUT2D eigenvalue weighted by atomic mass is 9.98. The minimum atomic E-state index is -0.0355. The Kier molecular flexibility index (Phi) is 4.42. The van der Waals surface area contributed by atoms with Gasteiger partial charge in [-0.2, -0.15) is 0 Å². The minimum Gasteiger partial charge on any atom is -0.351 e. The summed E-state index contributed by atoms with van der Waals surface area (Å²) >= 11 is 7.48. The highest BCUT2D eigenvalue weighted by Crippen LogP contribution is 2.26. The summed E-state index contributed by atoms with van der Waals surface area (Å²) in [7, 11) is 0. The fourth-order valence-corrected chi connectivity index (χ4v) is 3.18. The molecule has 0 spiro atoms. The lowest BCUT2D eigenvalue weighted by molar-refractivity contribution is 0.0948. The van der Waals surface area contributed by atoms with Crippen molar-refractivity contribution in [1.82, 2.24) is 10.6 Å². The average Bonchev–Trinajstić information content (AvgIpc) is 2.69. The number of thiophene rings is 1. The molecule has 1 aromatic rings. The van der Waals surface area contributed by atoms with Crippen molar-refractivity contribution in [2.45, 2.75) is 19.8 Å². The molecule has 1 fully saturated rings. The Morgan fingerprint density at radius 3 is 2.88 bits per heavy atom. The van der Waals surface area contributed by atoms with E-state index in [9.17, 15) is 4.79 Å². The summed E-state index contributed by atoms with van der Waals surface area (Å²) < 4.78 is 0. The normalized spacial score (nSPS) is 17.1. The molecule has 3 nitrogen and oxygen atoms in total. The zero-order valence-corrected chi connectivity index (χ0v) is 11.5. The SMILES string of the molecule is Cc1csc(C(=O)NCC2CCNCC2)c1Cl. The lowest BCUT2D eigenvalue weighted by Crippen LogP contribution is -2.35.